The van der Waals surface area contributed by atoms with Crippen molar-refractivity contribution in [2.24, 2.45) is 28.6 Å². The van der Waals surface area contributed by atoms with Gasteiger partial charge >= 0.3 is 0 Å². The summed E-state index contributed by atoms with van der Waals surface area (Å²) in [6.07, 6.45) is 7.71. The van der Waals surface area contributed by atoms with Gasteiger partial charge in [0.1, 0.15) is 5.78 Å². The number of fused-ring (bicyclic) bond motifs is 1. The largest absolute Gasteiger partial charge is 0.393 e. The molecule has 1 spiro atoms. The van der Waals surface area contributed by atoms with Crippen molar-refractivity contribution < 1.29 is 19.7 Å². The van der Waals surface area contributed by atoms with Crippen molar-refractivity contribution in [1.29, 1.82) is 0 Å². The second-order valence-electron chi connectivity index (χ2n) is 10.2. The third-order valence-corrected chi connectivity index (χ3v) is 9.60. The Balaban J connectivity index is 1.56. The molecule has 0 amide bonds. The molecule has 0 aromatic heterocycles. The third kappa shape index (κ3) is 1.77. The molecule has 1 saturated heterocycles. The maximum Gasteiger partial charge on any atom is 0.133 e. The summed E-state index contributed by atoms with van der Waals surface area (Å²) in [4.78, 5) is 12.3. The lowest BCUT2D eigenvalue weighted by atomic mass is 9.42. The normalized spacial score (nSPS) is 59.8. The third-order valence-electron chi connectivity index (χ3n) is 9.60. The van der Waals surface area contributed by atoms with Crippen LogP contribution in [0.5, 0.6) is 0 Å². The quantitative estimate of drug-likeness (QED) is 0.765. The zero-order valence-corrected chi connectivity index (χ0v) is 15.6. The van der Waals surface area contributed by atoms with E-state index in [-0.39, 0.29) is 28.5 Å². The highest BCUT2D eigenvalue weighted by Gasteiger charge is 2.76. The lowest BCUT2D eigenvalue weighted by Crippen LogP contribution is -2.66. The van der Waals surface area contributed by atoms with Gasteiger partial charge in [-0.3, -0.25) is 4.79 Å². The predicted octanol–water partition coefficient (Wildman–Crippen LogP) is 2.84. The fourth-order valence-electron chi connectivity index (χ4n) is 8.54. The van der Waals surface area contributed by atoms with Gasteiger partial charge in [-0.25, -0.2) is 0 Å². The monoisotopic (exact) mass is 348 g/mol. The van der Waals surface area contributed by atoms with E-state index in [0.29, 0.717) is 30.6 Å². The SMILES string of the molecule is CC(=O)[C@@H]1CC[C@H]2[C@]1(C)CC[C@@H]1[C@]23CC[C@@]2(O)C[C@H](O)CC[C@@]12CO3. The molecule has 4 aliphatic carbocycles. The maximum atomic E-state index is 12.3. The highest BCUT2D eigenvalue weighted by molar-refractivity contribution is 5.79. The Morgan fingerprint density at radius 1 is 1.04 bits per heavy atom. The molecule has 1 heterocycles. The van der Waals surface area contributed by atoms with Gasteiger partial charge in [-0.1, -0.05) is 6.92 Å². The summed E-state index contributed by atoms with van der Waals surface area (Å²) in [6, 6.07) is 0. The molecule has 8 atom stereocenters. The Bertz CT molecular complexity index is 619. The van der Waals surface area contributed by atoms with Gasteiger partial charge in [-0.2, -0.15) is 0 Å². The van der Waals surface area contributed by atoms with Crippen molar-refractivity contribution in [1.82, 2.24) is 0 Å². The summed E-state index contributed by atoms with van der Waals surface area (Å²) in [5.41, 5.74) is -0.995. The van der Waals surface area contributed by atoms with Gasteiger partial charge in [-0.05, 0) is 75.5 Å². The number of rotatable bonds is 1. The lowest BCUT2D eigenvalue weighted by Gasteiger charge is -2.63. The second kappa shape index (κ2) is 4.88. The summed E-state index contributed by atoms with van der Waals surface area (Å²) in [5.74, 6) is 1.38. The Hall–Kier alpha value is -0.450. The van der Waals surface area contributed by atoms with E-state index >= 15 is 0 Å². The number of aliphatic hydroxyl groups is 2. The summed E-state index contributed by atoms with van der Waals surface area (Å²) in [5, 5.41) is 21.7. The van der Waals surface area contributed by atoms with Gasteiger partial charge in [-0.15, -0.1) is 0 Å². The molecule has 2 N–H and O–H groups in total. The minimum absolute atomic E-state index is 0.0670. The van der Waals surface area contributed by atoms with Crippen LogP contribution in [0.4, 0.5) is 0 Å². The summed E-state index contributed by atoms with van der Waals surface area (Å²) < 4.78 is 6.68. The van der Waals surface area contributed by atoms with Crippen molar-refractivity contribution in [3.63, 3.8) is 0 Å². The van der Waals surface area contributed by atoms with Crippen molar-refractivity contribution in [2.45, 2.75) is 88.9 Å². The van der Waals surface area contributed by atoms with E-state index in [1.807, 2.05) is 0 Å². The molecule has 4 heteroatoms. The van der Waals surface area contributed by atoms with Crippen LogP contribution in [0.3, 0.4) is 0 Å². The van der Waals surface area contributed by atoms with E-state index in [4.69, 9.17) is 4.74 Å². The van der Waals surface area contributed by atoms with Gasteiger partial charge in [0.15, 0.2) is 0 Å². The first kappa shape index (κ1) is 16.7. The Morgan fingerprint density at radius 3 is 2.60 bits per heavy atom. The molecular weight excluding hydrogens is 316 g/mol. The fraction of sp³-hybridized carbons (Fsp3) is 0.952. The van der Waals surface area contributed by atoms with Gasteiger partial charge in [0.2, 0.25) is 0 Å². The van der Waals surface area contributed by atoms with Crippen LogP contribution in [0.2, 0.25) is 0 Å². The van der Waals surface area contributed by atoms with E-state index in [9.17, 15) is 15.0 Å². The molecule has 4 saturated carbocycles. The van der Waals surface area contributed by atoms with Crippen molar-refractivity contribution in [3.05, 3.63) is 0 Å². The number of carbonyl (C=O) groups excluding carboxylic acids is 1. The van der Waals surface area contributed by atoms with E-state index in [1.165, 1.54) is 0 Å². The van der Waals surface area contributed by atoms with E-state index in [1.54, 1.807) is 6.92 Å². The molecule has 0 unspecified atom stereocenters. The minimum atomic E-state index is -0.762. The molecule has 5 fully saturated rings. The molecule has 2 bridgehead atoms. The molecule has 25 heavy (non-hydrogen) atoms. The predicted molar refractivity (Wildman–Crippen MR) is 92.9 cm³/mol. The van der Waals surface area contributed by atoms with Crippen LogP contribution >= 0.6 is 0 Å². The first-order chi connectivity index (χ1) is 11.8. The molecule has 0 aromatic rings. The molecular formula is C21H32O4. The lowest BCUT2D eigenvalue weighted by molar-refractivity contribution is -0.215. The molecule has 1 aliphatic heterocycles. The Kier molecular flexibility index (Phi) is 3.26. The van der Waals surface area contributed by atoms with Crippen LogP contribution in [0.15, 0.2) is 0 Å². The number of ketones is 1. The van der Waals surface area contributed by atoms with Crippen molar-refractivity contribution >= 4 is 5.78 Å². The standard InChI is InChI=1S/C21H32O4/c1-13(22)15-3-4-16-18(15,2)7-6-17-19-8-5-14(23)11-20(19,24)9-10-21(16,17)25-12-19/h14-17,23-24H,3-12H2,1-2H3/t14-,15+,16+,17+,18-,19-,20-,21+/m1/s1. The average Bonchev–Trinajstić information content (AvgIpc) is 3.03. The van der Waals surface area contributed by atoms with E-state index < -0.39 is 5.60 Å². The minimum Gasteiger partial charge on any atom is -0.393 e. The topological polar surface area (TPSA) is 66.8 Å². The van der Waals surface area contributed by atoms with Crippen molar-refractivity contribution in [3.8, 4) is 0 Å². The van der Waals surface area contributed by atoms with E-state index in [0.717, 1.165) is 51.4 Å². The zero-order valence-electron chi connectivity index (χ0n) is 15.6. The first-order valence-electron chi connectivity index (χ1n) is 10.3. The number of hydrogen-bond donors (Lipinski definition) is 2. The fourth-order valence-corrected chi connectivity index (χ4v) is 8.54. The summed E-state index contributed by atoms with van der Waals surface area (Å²) in [7, 11) is 0. The average molecular weight is 348 g/mol. The molecule has 4 nitrogen and oxygen atoms in total. The van der Waals surface area contributed by atoms with Gasteiger partial charge in [0, 0.05) is 17.8 Å². The van der Waals surface area contributed by atoms with Gasteiger partial charge in [0.25, 0.3) is 0 Å². The van der Waals surface area contributed by atoms with Crippen LogP contribution < -0.4 is 0 Å². The van der Waals surface area contributed by atoms with E-state index in [2.05, 4.69) is 6.92 Å². The molecule has 0 radical (unpaired) electrons. The van der Waals surface area contributed by atoms with Crippen LogP contribution in [0.1, 0.15) is 71.6 Å². The molecule has 5 rings (SSSR count). The van der Waals surface area contributed by atoms with Gasteiger partial charge < -0.3 is 14.9 Å². The maximum absolute atomic E-state index is 12.3. The van der Waals surface area contributed by atoms with Crippen LogP contribution in [-0.2, 0) is 9.53 Å². The van der Waals surface area contributed by atoms with Gasteiger partial charge in [0.05, 0.1) is 23.9 Å². The molecule has 140 valence electrons. The summed E-state index contributed by atoms with van der Waals surface area (Å²) in [6.45, 7) is 4.75. The van der Waals surface area contributed by atoms with Crippen LogP contribution in [-0.4, -0.2) is 39.9 Å². The number of hydrogen-bond acceptors (Lipinski definition) is 4. The van der Waals surface area contributed by atoms with Crippen molar-refractivity contribution in [2.75, 3.05) is 6.61 Å². The molecule has 5 aliphatic rings. The number of aliphatic hydroxyl groups excluding tert-OH is 1. The second-order valence-corrected chi connectivity index (χ2v) is 10.2. The Morgan fingerprint density at radius 2 is 1.84 bits per heavy atom. The first-order valence-corrected chi connectivity index (χ1v) is 10.3. The number of carbonyl (C=O) groups is 1. The number of ether oxygens (including phenoxy) is 1. The molecule has 0 aromatic carbocycles. The summed E-state index contributed by atoms with van der Waals surface area (Å²) >= 11 is 0. The highest BCUT2D eigenvalue weighted by Crippen LogP contribution is 2.74. The zero-order chi connectivity index (χ0) is 17.7. The van der Waals surface area contributed by atoms with Crippen LogP contribution in [0.25, 0.3) is 0 Å². The van der Waals surface area contributed by atoms with Crippen LogP contribution in [0, 0.1) is 28.6 Å². The number of Topliss-reactive ketones (excluding diaryl/α,β-unsaturated/α-hetero) is 1. The highest BCUT2D eigenvalue weighted by atomic mass is 16.5. The Labute approximate surface area is 150 Å². The smallest absolute Gasteiger partial charge is 0.133 e.